The Hall–Kier alpha value is -1.78. The van der Waals surface area contributed by atoms with E-state index in [0.717, 1.165) is 0 Å². The molecule has 2 rings (SSSR count). The van der Waals surface area contributed by atoms with Crippen molar-refractivity contribution in [3.8, 4) is 11.5 Å². The van der Waals surface area contributed by atoms with E-state index in [1.165, 1.54) is 0 Å². The lowest BCUT2D eigenvalue weighted by molar-refractivity contribution is 0.0858. The molecular weight excluding hydrogens is 232 g/mol. The second kappa shape index (κ2) is 5.25. The highest BCUT2D eigenvalue weighted by Crippen LogP contribution is 2.37. The van der Waals surface area contributed by atoms with Crippen LogP contribution in [0.4, 0.5) is 0 Å². The number of rotatable bonds is 3. The van der Waals surface area contributed by atoms with Crippen LogP contribution in [-0.4, -0.2) is 36.6 Å². The lowest BCUT2D eigenvalue weighted by Gasteiger charge is -2.23. The molecule has 0 heterocycles. The lowest BCUT2D eigenvalue weighted by atomic mass is 9.92. The first kappa shape index (κ1) is 12.7. The van der Waals surface area contributed by atoms with Crippen LogP contribution in [0.3, 0.4) is 0 Å². The fraction of sp³-hybridized carbons (Fsp3) is 0.286. The number of para-hydroxylation sites is 1. The van der Waals surface area contributed by atoms with Gasteiger partial charge in [0.05, 0.1) is 14.2 Å². The van der Waals surface area contributed by atoms with Gasteiger partial charge in [-0.3, -0.25) is 0 Å². The highest BCUT2D eigenvalue weighted by molar-refractivity contribution is 5.78. The van der Waals surface area contributed by atoms with E-state index in [1.54, 1.807) is 38.5 Å². The minimum absolute atomic E-state index is 0.549. The van der Waals surface area contributed by atoms with Crippen molar-refractivity contribution in [3.63, 3.8) is 0 Å². The molecule has 0 aliphatic heterocycles. The largest absolute Gasteiger partial charge is 0.493 e. The molecule has 4 heteroatoms. The quantitative estimate of drug-likeness (QED) is 0.848. The third kappa shape index (κ3) is 2.12. The van der Waals surface area contributed by atoms with Crippen LogP contribution in [0, 0.1) is 0 Å². The monoisotopic (exact) mass is 248 g/mol. The van der Waals surface area contributed by atoms with Gasteiger partial charge in [-0.2, -0.15) is 0 Å². The summed E-state index contributed by atoms with van der Waals surface area (Å²) in [4.78, 5) is 0. The number of benzene rings is 1. The molecule has 0 saturated heterocycles. The molecule has 0 bridgehead atoms. The molecule has 4 nitrogen and oxygen atoms in total. The molecule has 0 aromatic heterocycles. The summed E-state index contributed by atoms with van der Waals surface area (Å²) in [6.07, 6.45) is 3.15. The molecule has 0 saturated carbocycles. The maximum absolute atomic E-state index is 10.0. The molecule has 1 aromatic rings. The van der Waals surface area contributed by atoms with Gasteiger partial charge in [-0.1, -0.05) is 30.4 Å². The highest BCUT2D eigenvalue weighted by Gasteiger charge is 2.25. The van der Waals surface area contributed by atoms with Crippen molar-refractivity contribution in [1.29, 1.82) is 0 Å². The summed E-state index contributed by atoms with van der Waals surface area (Å²) in [5, 5.41) is 19.7. The number of hydrogen-bond acceptors (Lipinski definition) is 4. The number of aliphatic hydroxyl groups is 2. The van der Waals surface area contributed by atoms with Crippen LogP contribution in [0.5, 0.6) is 11.5 Å². The Balaban J connectivity index is 2.51. The summed E-state index contributed by atoms with van der Waals surface area (Å²) in [5.74, 6) is 1.14. The van der Waals surface area contributed by atoms with Gasteiger partial charge in [0.2, 0.25) is 0 Å². The molecule has 2 atom stereocenters. The molecule has 0 radical (unpaired) electrons. The van der Waals surface area contributed by atoms with E-state index >= 15 is 0 Å². The van der Waals surface area contributed by atoms with Gasteiger partial charge in [-0.25, -0.2) is 0 Å². The minimum Gasteiger partial charge on any atom is -0.493 e. The number of allylic oxidation sites excluding steroid dienone is 2. The van der Waals surface area contributed by atoms with Crippen LogP contribution in [0.25, 0.3) is 5.57 Å². The fourth-order valence-electron chi connectivity index (χ4n) is 2.02. The average Bonchev–Trinajstić information content (AvgIpc) is 2.41. The van der Waals surface area contributed by atoms with Crippen LogP contribution in [0.2, 0.25) is 0 Å². The summed E-state index contributed by atoms with van der Waals surface area (Å²) in [5.41, 5.74) is 1.33. The van der Waals surface area contributed by atoms with Crippen molar-refractivity contribution in [2.75, 3.05) is 14.2 Å². The molecular formula is C14H16O4. The van der Waals surface area contributed by atoms with E-state index in [2.05, 4.69) is 0 Å². The average molecular weight is 248 g/mol. The Kier molecular flexibility index (Phi) is 3.69. The maximum atomic E-state index is 10.0. The molecule has 0 amide bonds. The fourth-order valence-corrected chi connectivity index (χ4v) is 2.02. The van der Waals surface area contributed by atoms with Gasteiger partial charge in [0, 0.05) is 5.56 Å². The SMILES string of the molecule is COc1cccc(C2=CC=C[C@H](O)[C@@H]2O)c1OC. The van der Waals surface area contributed by atoms with Gasteiger partial charge in [-0.15, -0.1) is 0 Å². The molecule has 18 heavy (non-hydrogen) atoms. The Morgan fingerprint density at radius 3 is 2.56 bits per heavy atom. The van der Waals surface area contributed by atoms with Gasteiger partial charge < -0.3 is 19.7 Å². The minimum atomic E-state index is -0.962. The molecule has 2 N–H and O–H groups in total. The second-order valence-corrected chi connectivity index (χ2v) is 3.98. The zero-order valence-corrected chi connectivity index (χ0v) is 10.3. The van der Waals surface area contributed by atoms with Gasteiger partial charge in [0.25, 0.3) is 0 Å². The van der Waals surface area contributed by atoms with Crippen molar-refractivity contribution < 1.29 is 19.7 Å². The summed E-state index contributed by atoms with van der Waals surface area (Å²) in [7, 11) is 3.10. The van der Waals surface area contributed by atoms with E-state index in [4.69, 9.17) is 9.47 Å². The third-order valence-corrected chi connectivity index (χ3v) is 2.94. The Morgan fingerprint density at radius 1 is 1.11 bits per heavy atom. The summed E-state index contributed by atoms with van der Waals surface area (Å²) in [6, 6.07) is 5.42. The number of methoxy groups -OCH3 is 2. The number of aliphatic hydroxyl groups excluding tert-OH is 2. The van der Waals surface area contributed by atoms with E-state index in [9.17, 15) is 10.2 Å². The van der Waals surface area contributed by atoms with Crippen molar-refractivity contribution in [2.24, 2.45) is 0 Å². The van der Waals surface area contributed by atoms with E-state index in [1.807, 2.05) is 12.1 Å². The molecule has 1 aliphatic rings. The summed E-state index contributed by atoms with van der Waals surface area (Å²) >= 11 is 0. The van der Waals surface area contributed by atoms with E-state index in [0.29, 0.717) is 22.6 Å². The summed E-state index contributed by atoms with van der Waals surface area (Å²) < 4.78 is 10.5. The zero-order chi connectivity index (χ0) is 13.1. The number of ether oxygens (including phenoxy) is 2. The number of hydrogen-bond donors (Lipinski definition) is 2. The van der Waals surface area contributed by atoms with E-state index < -0.39 is 12.2 Å². The Labute approximate surface area is 106 Å². The third-order valence-electron chi connectivity index (χ3n) is 2.94. The molecule has 0 fully saturated rings. The van der Waals surface area contributed by atoms with E-state index in [-0.39, 0.29) is 0 Å². The van der Waals surface area contributed by atoms with Crippen molar-refractivity contribution in [3.05, 3.63) is 42.0 Å². The molecule has 0 spiro atoms. The predicted octanol–water partition coefficient (Wildman–Crippen LogP) is 1.38. The van der Waals surface area contributed by atoms with Crippen LogP contribution in [0.1, 0.15) is 5.56 Å². The van der Waals surface area contributed by atoms with Crippen molar-refractivity contribution in [2.45, 2.75) is 12.2 Å². The van der Waals surface area contributed by atoms with Crippen LogP contribution in [0.15, 0.2) is 36.4 Å². The van der Waals surface area contributed by atoms with Gasteiger partial charge in [0.1, 0.15) is 12.2 Å². The first-order valence-corrected chi connectivity index (χ1v) is 5.65. The molecule has 96 valence electrons. The second-order valence-electron chi connectivity index (χ2n) is 3.98. The Bertz CT molecular complexity index is 491. The first-order valence-electron chi connectivity index (χ1n) is 5.65. The van der Waals surface area contributed by atoms with Gasteiger partial charge in [0.15, 0.2) is 11.5 Å². The standard InChI is InChI=1S/C14H16O4/c1-17-12-8-4-6-10(14(12)18-2)9-5-3-7-11(15)13(9)16/h3-8,11,13,15-16H,1-2H3/t11-,13+/m0/s1. The first-order chi connectivity index (χ1) is 8.69. The smallest absolute Gasteiger partial charge is 0.168 e. The molecule has 1 aliphatic carbocycles. The zero-order valence-electron chi connectivity index (χ0n) is 10.3. The van der Waals surface area contributed by atoms with Gasteiger partial charge in [-0.05, 0) is 11.6 Å². The normalized spacial score (nSPS) is 22.6. The Morgan fingerprint density at radius 2 is 1.89 bits per heavy atom. The summed E-state index contributed by atoms with van der Waals surface area (Å²) in [6.45, 7) is 0. The maximum Gasteiger partial charge on any atom is 0.168 e. The predicted molar refractivity (Wildman–Crippen MR) is 68.7 cm³/mol. The van der Waals surface area contributed by atoms with Crippen molar-refractivity contribution in [1.82, 2.24) is 0 Å². The topological polar surface area (TPSA) is 58.9 Å². The highest BCUT2D eigenvalue weighted by atomic mass is 16.5. The molecule has 0 unspecified atom stereocenters. The van der Waals surface area contributed by atoms with Crippen molar-refractivity contribution >= 4 is 5.57 Å². The van der Waals surface area contributed by atoms with Crippen LogP contribution < -0.4 is 9.47 Å². The molecule has 1 aromatic carbocycles. The van der Waals surface area contributed by atoms with Gasteiger partial charge >= 0.3 is 0 Å². The van der Waals surface area contributed by atoms with Crippen LogP contribution >= 0.6 is 0 Å². The lowest BCUT2D eigenvalue weighted by Crippen LogP contribution is -2.27. The van der Waals surface area contributed by atoms with Crippen LogP contribution in [-0.2, 0) is 0 Å².